The van der Waals surface area contributed by atoms with Crippen LogP contribution in [0.2, 0.25) is 0 Å². The minimum atomic E-state index is -0.396. The Bertz CT molecular complexity index is 370. The van der Waals surface area contributed by atoms with Crippen molar-refractivity contribution in [3.8, 4) is 0 Å². The third kappa shape index (κ3) is 4.01. The molecule has 0 radical (unpaired) electrons. The first kappa shape index (κ1) is 12.1. The maximum atomic E-state index is 11.4. The molecular formula is C12H14N2O2. The number of hydrogen-bond donors (Lipinski definition) is 0. The zero-order valence-electron chi connectivity index (χ0n) is 9.22. The van der Waals surface area contributed by atoms with Gasteiger partial charge in [-0.2, -0.15) is 0 Å². The van der Waals surface area contributed by atoms with E-state index in [-0.39, 0.29) is 6.61 Å². The second kappa shape index (κ2) is 6.46. The van der Waals surface area contributed by atoms with E-state index in [1.165, 1.54) is 4.90 Å². The highest BCUT2D eigenvalue weighted by Crippen LogP contribution is 2.02. The van der Waals surface area contributed by atoms with Gasteiger partial charge >= 0.3 is 6.09 Å². The van der Waals surface area contributed by atoms with Crippen molar-refractivity contribution >= 4 is 6.09 Å². The van der Waals surface area contributed by atoms with Gasteiger partial charge in [-0.25, -0.2) is 11.4 Å². The van der Waals surface area contributed by atoms with Gasteiger partial charge in [-0.3, -0.25) is 0 Å². The van der Waals surface area contributed by atoms with E-state index >= 15 is 0 Å². The molecule has 16 heavy (non-hydrogen) atoms. The summed E-state index contributed by atoms with van der Waals surface area (Å²) in [6.07, 6.45) is -0.396. The first-order valence-corrected chi connectivity index (χ1v) is 4.99. The summed E-state index contributed by atoms with van der Waals surface area (Å²) in [4.78, 5) is 16.0. The highest BCUT2D eigenvalue weighted by molar-refractivity contribution is 5.67. The number of carbonyl (C=O) groups excluding carboxylic acids is 1. The number of amides is 1. The summed E-state index contributed by atoms with van der Waals surface area (Å²) in [6.45, 7) is 7.59. The second-order valence-electron chi connectivity index (χ2n) is 3.34. The minimum absolute atomic E-state index is 0.266. The van der Waals surface area contributed by atoms with Crippen molar-refractivity contribution in [2.75, 3.05) is 20.1 Å². The van der Waals surface area contributed by atoms with Crippen molar-refractivity contribution in [1.82, 2.24) is 4.90 Å². The van der Waals surface area contributed by atoms with Crippen LogP contribution in [-0.4, -0.2) is 31.1 Å². The van der Waals surface area contributed by atoms with Gasteiger partial charge in [0.15, 0.2) is 0 Å². The molecule has 1 aromatic carbocycles. The van der Waals surface area contributed by atoms with Gasteiger partial charge in [-0.05, 0) is 5.56 Å². The molecule has 0 bridgehead atoms. The Morgan fingerprint density at radius 2 is 2.12 bits per heavy atom. The Balaban J connectivity index is 2.33. The van der Waals surface area contributed by atoms with Crippen LogP contribution in [0.5, 0.6) is 0 Å². The van der Waals surface area contributed by atoms with Crippen LogP contribution in [0.25, 0.3) is 4.85 Å². The highest BCUT2D eigenvalue weighted by atomic mass is 16.6. The number of hydrogen-bond acceptors (Lipinski definition) is 2. The molecule has 4 nitrogen and oxygen atoms in total. The lowest BCUT2D eigenvalue weighted by atomic mass is 10.2. The molecule has 0 unspecified atom stereocenters. The summed E-state index contributed by atoms with van der Waals surface area (Å²) in [5.41, 5.74) is 0.953. The Hall–Kier alpha value is -2.02. The third-order valence-corrected chi connectivity index (χ3v) is 2.06. The van der Waals surface area contributed by atoms with Crippen molar-refractivity contribution in [3.63, 3.8) is 0 Å². The zero-order valence-corrected chi connectivity index (χ0v) is 9.22. The van der Waals surface area contributed by atoms with E-state index in [9.17, 15) is 4.79 Å². The summed E-state index contributed by atoms with van der Waals surface area (Å²) in [7, 11) is 1.62. The topological polar surface area (TPSA) is 33.9 Å². The minimum Gasteiger partial charge on any atom is -0.445 e. The quantitative estimate of drug-likeness (QED) is 0.726. The summed E-state index contributed by atoms with van der Waals surface area (Å²) >= 11 is 0. The molecule has 0 N–H and O–H groups in total. The molecule has 84 valence electrons. The highest BCUT2D eigenvalue weighted by Gasteiger charge is 2.10. The first-order valence-electron chi connectivity index (χ1n) is 4.99. The van der Waals surface area contributed by atoms with Crippen molar-refractivity contribution in [2.45, 2.75) is 6.61 Å². The molecule has 0 atom stereocenters. The Kier molecular flexibility index (Phi) is 4.87. The zero-order chi connectivity index (χ0) is 11.8. The fourth-order valence-electron chi connectivity index (χ4n) is 1.12. The second-order valence-corrected chi connectivity index (χ2v) is 3.34. The Morgan fingerprint density at radius 3 is 2.75 bits per heavy atom. The molecule has 0 aliphatic rings. The maximum absolute atomic E-state index is 11.4. The normalized spacial score (nSPS) is 9.25. The molecule has 0 saturated carbocycles. The van der Waals surface area contributed by atoms with Gasteiger partial charge < -0.3 is 14.5 Å². The van der Waals surface area contributed by atoms with E-state index in [1.54, 1.807) is 7.05 Å². The Labute approximate surface area is 95.3 Å². The van der Waals surface area contributed by atoms with E-state index in [0.717, 1.165) is 5.56 Å². The number of benzene rings is 1. The standard InChI is InChI=1S/C12H14N2O2/c1-13-8-9-14(2)12(15)16-10-11-6-4-3-5-7-11/h3-7H,8-10H2,2H3. The maximum Gasteiger partial charge on any atom is 0.410 e. The molecule has 0 fully saturated rings. The van der Waals surface area contributed by atoms with Crippen LogP contribution in [0.15, 0.2) is 30.3 Å². The van der Waals surface area contributed by atoms with Gasteiger partial charge in [-0.15, -0.1) is 0 Å². The van der Waals surface area contributed by atoms with E-state index in [0.29, 0.717) is 13.1 Å². The molecule has 1 aromatic rings. The van der Waals surface area contributed by atoms with Crippen LogP contribution in [0, 0.1) is 6.57 Å². The molecule has 1 rings (SSSR count). The van der Waals surface area contributed by atoms with Gasteiger partial charge in [-0.1, -0.05) is 30.3 Å². The molecule has 0 aliphatic heterocycles. The van der Waals surface area contributed by atoms with Crippen molar-refractivity contribution in [1.29, 1.82) is 0 Å². The fourth-order valence-corrected chi connectivity index (χ4v) is 1.12. The van der Waals surface area contributed by atoms with E-state index in [4.69, 9.17) is 11.3 Å². The number of rotatable bonds is 4. The number of likely N-dealkylation sites (N-methyl/N-ethyl adjacent to an activating group) is 1. The lowest BCUT2D eigenvalue weighted by molar-refractivity contribution is 0.106. The number of carbonyl (C=O) groups is 1. The van der Waals surface area contributed by atoms with E-state index < -0.39 is 6.09 Å². The molecule has 0 aromatic heterocycles. The first-order chi connectivity index (χ1) is 7.74. The van der Waals surface area contributed by atoms with Gasteiger partial charge in [0.1, 0.15) is 6.61 Å². The van der Waals surface area contributed by atoms with Crippen LogP contribution in [0.3, 0.4) is 0 Å². The van der Waals surface area contributed by atoms with Crippen LogP contribution in [-0.2, 0) is 11.3 Å². The van der Waals surface area contributed by atoms with Gasteiger partial charge in [0.05, 0.1) is 6.54 Å². The SMILES string of the molecule is [C-]#[N+]CCN(C)C(=O)OCc1ccccc1. The molecular weight excluding hydrogens is 204 g/mol. The fraction of sp³-hybridized carbons (Fsp3) is 0.333. The predicted molar refractivity (Wildman–Crippen MR) is 60.7 cm³/mol. The lowest BCUT2D eigenvalue weighted by Gasteiger charge is -2.14. The third-order valence-electron chi connectivity index (χ3n) is 2.06. The van der Waals surface area contributed by atoms with E-state index in [2.05, 4.69) is 4.85 Å². The molecule has 0 aliphatic carbocycles. The summed E-state index contributed by atoms with van der Waals surface area (Å²) in [5.74, 6) is 0. The molecule has 0 spiro atoms. The summed E-state index contributed by atoms with van der Waals surface area (Å²) in [5, 5.41) is 0. The summed E-state index contributed by atoms with van der Waals surface area (Å²) in [6, 6.07) is 9.49. The smallest absolute Gasteiger partial charge is 0.410 e. The molecule has 0 saturated heterocycles. The van der Waals surface area contributed by atoms with Crippen LogP contribution in [0.4, 0.5) is 4.79 Å². The van der Waals surface area contributed by atoms with Gasteiger partial charge in [0.2, 0.25) is 6.54 Å². The van der Waals surface area contributed by atoms with Crippen LogP contribution >= 0.6 is 0 Å². The average molecular weight is 218 g/mol. The Morgan fingerprint density at radius 1 is 1.44 bits per heavy atom. The predicted octanol–water partition coefficient (Wildman–Crippen LogP) is 2.17. The lowest BCUT2D eigenvalue weighted by Crippen LogP contribution is -2.29. The summed E-state index contributed by atoms with van der Waals surface area (Å²) < 4.78 is 5.07. The van der Waals surface area contributed by atoms with E-state index in [1.807, 2.05) is 30.3 Å². The van der Waals surface area contributed by atoms with Gasteiger partial charge in [0, 0.05) is 7.05 Å². The molecule has 0 heterocycles. The van der Waals surface area contributed by atoms with Crippen molar-refractivity contribution in [2.24, 2.45) is 0 Å². The molecule has 1 amide bonds. The number of ether oxygens (including phenoxy) is 1. The molecule has 4 heteroatoms. The largest absolute Gasteiger partial charge is 0.445 e. The van der Waals surface area contributed by atoms with Crippen molar-refractivity contribution < 1.29 is 9.53 Å². The van der Waals surface area contributed by atoms with Crippen LogP contribution in [0.1, 0.15) is 5.56 Å². The average Bonchev–Trinajstić information content (AvgIpc) is 2.34. The van der Waals surface area contributed by atoms with Crippen molar-refractivity contribution in [3.05, 3.63) is 47.3 Å². The van der Waals surface area contributed by atoms with Crippen LogP contribution < -0.4 is 0 Å². The van der Waals surface area contributed by atoms with Gasteiger partial charge in [0.25, 0.3) is 0 Å². The monoisotopic (exact) mass is 218 g/mol. The number of nitrogens with zero attached hydrogens (tertiary/aromatic N) is 2.